The second-order valence-corrected chi connectivity index (χ2v) is 3.92. The molecule has 2 amide bonds. The fourth-order valence-corrected chi connectivity index (χ4v) is 1.22. The van der Waals surface area contributed by atoms with Gasteiger partial charge in [-0.25, -0.2) is 9.59 Å². The number of amides is 2. The highest BCUT2D eigenvalue weighted by molar-refractivity contribution is 5.82. The van der Waals surface area contributed by atoms with E-state index in [1.54, 1.807) is 0 Å². The highest BCUT2D eigenvalue weighted by Gasteiger charge is 2.26. The summed E-state index contributed by atoms with van der Waals surface area (Å²) >= 11 is 0. The van der Waals surface area contributed by atoms with Gasteiger partial charge in [-0.05, 0) is 20.8 Å². The number of carboxylic acids is 1. The predicted molar refractivity (Wildman–Crippen MR) is 59.2 cm³/mol. The summed E-state index contributed by atoms with van der Waals surface area (Å²) in [6, 6.07) is -1.35. The van der Waals surface area contributed by atoms with E-state index in [9.17, 15) is 9.59 Å². The lowest BCUT2D eigenvalue weighted by molar-refractivity contribution is -0.141. The van der Waals surface area contributed by atoms with E-state index in [-0.39, 0.29) is 25.2 Å². The average Bonchev–Trinajstić information content (AvgIpc) is 2.22. The Labute approximate surface area is 95.5 Å². The molecule has 0 spiro atoms. The minimum atomic E-state index is -1.05. The molecule has 0 fully saturated rings. The molecule has 6 heteroatoms. The van der Waals surface area contributed by atoms with Crippen molar-refractivity contribution >= 4 is 12.0 Å². The second kappa shape index (κ2) is 6.32. The molecule has 1 atom stereocenters. The van der Waals surface area contributed by atoms with E-state index in [2.05, 4.69) is 0 Å². The largest absolute Gasteiger partial charge is 0.480 e. The second-order valence-electron chi connectivity index (χ2n) is 3.92. The first-order chi connectivity index (χ1) is 7.32. The highest BCUT2D eigenvalue weighted by atomic mass is 16.4. The van der Waals surface area contributed by atoms with E-state index < -0.39 is 12.0 Å². The van der Waals surface area contributed by atoms with Gasteiger partial charge >= 0.3 is 12.0 Å². The lowest BCUT2D eigenvalue weighted by Gasteiger charge is -2.32. The van der Waals surface area contributed by atoms with Gasteiger partial charge in [0.15, 0.2) is 0 Å². The minimum absolute atomic E-state index is 0.0805. The Balaban J connectivity index is 4.66. The van der Waals surface area contributed by atoms with Crippen LogP contribution in [0.4, 0.5) is 4.79 Å². The van der Waals surface area contributed by atoms with E-state index in [1.165, 1.54) is 18.9 Å². The Morgan fingerprint density at radius 3 is 2.06 bits per heavy atom. The number of carbonyl (C=O) groups excluding carboxylic acids is 1. The van der Waals surface area contributed by atoms with Crippen LogP contribution in [0.2, 0.25) is 0 Å². The molecule has 1 unspecified atom stereocenters. The smallest absolute Gasteiger partial charge is 0.326 e. The van der Waals surface area contributed by atoms with Crippen molar-refractivity contribution in [3.8, 4) is 0 Å². The van der Waals surface area contributed by atoms with Gasteiger partial charge in [-0.3, -0.25) is 0 Å². The molecule has 0 rings (SSSR count). The zero-order chi connectivity index (χ0) is 12.9. The predicted octanol–water partition coefficient (Wildman–Crippen LogP) is 0.214. The third kappa shape index (κ3) is 3.69. The first kappa shape index (κ1) is 14.7. The maximum absolute atomic E-state index is 11.9. The fourth-order valence-electron chi connectivity index (χ4n) is 1.22. The Morgan fingerprint density at radius 2 is 1.75 bits per heavy atom. The first-order valence-electron chi connectivity index (χ1n) is 5.20. The number of nitrogens with zero attached hydrogens (tertiary/aromatic N) is 2. The molecule has 0 saturated carbocycles. The minimum Gasteiger partial charge on any atom is -0.480 e. The molecule has 0 aromatic rings. The van der Waals surface area contributed by atoms with Crippen LogP contribution in [0.1, 0.15) is 20.8 Å². The lowest BCUT2D eigenvalue weighted by Crippen LogP contribution is -2.50. The molecule has 0 aliphatic heterocycles. The van der Waals surface area contributed by atoms with Crippen molar-refractivity contribution in [1.82, 2.24) is 9.80 Å². The van der Waals surface area contributed by atoms with Gasteiger partial charge < -0.3 is 20.0 Å². The number of hydrogen-bond acceptors (Lipinski definition) is 3. The molecule has 0 aromatic heterocycles. The number of aliphatic carboxylic acids is 1. The maximum Gasteiger partial charge on any atom is 0.326 e. The maximum atomic E-state index is 11.9. The first-order valence-corrected chi connectivity index (χ1v) is 5.20. The van der Waals surface area contributed by atoms with E-state index in [0.717, 1.165) is 4.90 Å². The topological polar surface area (TPSA) is 81.1 Å². The number of carboxylic acid groups (broad SMARTS) is 1. The van der Waals surface area contributed by atoms with Crippen LogP contribution in [0.5, 0.6) is 0 Å². The van der Waals surface area contributed by atoms with E-state index in [4.69, 9.17) is 10.2 Å². The summed E-state index contributed by atoms with van der Waals surface area (Å²) in [7, 11) is 1.44. The van der Waals surface area contributed by atoms with Crippen molar-refractivity contribution in [3.05, 3.63) is 0 Å². The van der Waals surface area contributed by atoms with Crippen LogP contribution in [0.15, 0.2) is 0 Å². The number of carbonyl (C=O) groups is 2. The molecule has 16 heavy (non-hydrogen) atoms. The van der Waals surface area contributed by atoms with Crippen molar-refractivity contribution < 1.29 is 19.8 Å². The third-order valence-corrected chi connectivity index (χ3v) is 2.45. The third-order valence-electron chi connectivity index (χ3n) is 2.45. The summed E-state index contributed by atoms with van der Waals surface area (Å²) in [6.45, 7) is 5.13. The normalized spacial score (nSPS) is 12.4. The number of aliphatic hydroxyl groups is 1. The Bertz CT molecular complexity index is 255. The van der Waals surface area contributed by atoms with Gasteiger partial charge in [0.2, 0.25) is 0 Å². The van der Waals surface area contributed by atoms with E-state index >= 15 is 0 Å². The number of aliphatic hydroxyl groups excluding tert-OH is 1. The molecule has 0 aliphatic rings. The van der Waals surface area contributed by atoms with Crippen LogP contribution in [0.3, 0.4) is 0 Å². The summed E-state index contributed by atoms with van der Waals surface area (Å²) in [6.07, 6.45) is 0. The fraction of sp³-hybridized carbons (Fsp3) is 0.800. The zero-order valence-corrected chi connectivity index (χ0v) is 10.2. The molecule has 0 aromatic carbocycles. The molecule has 0 bridgehead atoms. The van der Waals surface area contributed by atoms with Gasteiger partial charge in [0.1, 0.15) is 6.04 Å². The molecule has 0 heterocycles. The Hall–Kier alpha value is -1.30. The lowest BCUT2D eigenvalue weighted by atomic mass is 10.3. The van der Waals surface area contributed by atoms with Crippen molar-refractivity contribution in [2.45, 2.75) is 32.9 Å². The van der Waals surface area contributed by atoms with Gasteiger partial charge in [0.25, 0.3) is 0 Å². The quantitative estimate of drug-likeness (QED) is 0.710. The molecule has 6 nitrogen and oxygen atoms in total. The van der Waals surface area contributed by atoms with E-state index in [0.29, 0.717) is 0 Å². The van der Waals surface area contributed by atoms with Crippen molar-refractivity contribution in [3.63, 3.8) is 0 Å². The van der Waals surface area contributed by atoms with Gasteiger partial charge in [0.05, 0.1) is 6.61 Å². The summed E-state index contributed by atoms with van der Waals surface area (Å²) < 4.78 is 0. The molecule has 0 radical (unpaired) electrons. The Morgan fingerprint density at radius 1 is 1.25 bits per heavy atom. The molecular formula is C10H20N2O4. The molecule has 2 N–H and O–H groups in total. The van der Waals surface area contributed by atoms with Gasteiger partial charge in [-0.2, -0.15) is 0 Å². The molecule has 0 saturated heterocycles. The van der Waals surface area contributed by atoms with E-state index in [1.807, 2.05) is 13.8 Å². The number of urea groups is 1. The standard InChI is InChI=1S/C10H20N2O4/c1-7(2)12(5-6-13)10(16)11(4)8(3)9(14)15/h7-8,13H,5-6H2,1-4H3,(H,14,15). The van der Waals surface area contributed by atoms with Gasteiger partial charge in [0, 0.05) is 19.6 Å². The number of rotatable bonds is 5. The number of hydrogen-bond donors (Lipinski definition) is 2. The van der Waals surface area contributed by atoms with Crippen molar-refractivity contribution in [2.24, 2.45) is 0 Å². The van der Waals surface area contributed by atoms with Gasteiger partial charge in [-0.1, -0.05) is 0 Å². The van der Waals surface area contributed by atoms with Crippen molar-refractivity contribution in [2.75, 3.05) is 20.2 Å². The Kier molecular flexibility index (Phi) is 5.81. The van der Waals surface area contributed by atoms with Crippen LogP contribution in [-0.4, -0.2) is 64.3 Å². The van der Waals surface area contributed by atoms with Crippen molar-refractivity contribution in [1.29, 1.82) is 0 Å². The van der Waals surface area contributed by atoms with Crippen LogP contribution in [0.25, 0.3) is 0 Å². The monoisotopic (exact) mass is 232 g/mol. The van der Waals surface area contributed by atoms with Crippen LogP contribution >= 0.6 is 0 Å². The summed E-state index contributed by atoms with van der Waals surface area (Å²) in [5, 5.41) is 17.6. The van der Waals surface area contributed by atoms with Crippen LogP contribution in [-0.2, 0) is 4.79 Å². The summed E-state index contributed by atoms with van der Waals surface area (Å²) in [5.74, 6) is -1.05. The van der Waals surface area contributed by atoms with Crippen LogP contribution in [0, 0.1) is 0 Å². The summed E-state index contributed by atoms with van der Waals surface area (Å²) in [4.78, 5) is 25.2. The average molecular weight is 232 g/mol. The van der Waals surface area contributed by atoms with Gasteiger partial charge in [-0.15, -0.1) is 0 Å². The zero-order valence-electron chi connectivity index (χ0n) is 10.2. The van der Waals surface area contributed by atoms with Crippen LogP contribution < -0.4 is 0 Å². The molecule has 0 aliphatic carbocycles. The SMILES string of the molecule is CC(C(=O)O)N(C)C(=O)N(CCO)C(C)C. The summed E-state index contributed by atoms with van der Waals surface area (Å²) in [5.41, 5.74) is 0. The highest BCUT2D eigenvalue weighted by Crippen LogP contribution is 2.06. The molecule has 94 valence electrons. The molecular weight excluding hydrogens is 212 g/mol. The number of likely N-dealkylation sites (N-methyl/N-ethyl adjacent to an activating group) is 1.